The lowest BCUT2D eigenvalue weighted by molar-refractivity contribution is -0.146. The Morgan fingerprint density at radius 3 is 2.61 bits per heavy atom. The zero-order chi connectivity index (χ0) is 12.8. The monoisotopic (exact) mass is 251 g/mol. The van der Waals surface area contributed by atoms with E-state index in [1.807, 2.05) is 6.92 Å². The van der Waals surface area contributed by atoms with E-state index < -0.39 is 0 Å². The van der Waals surface area contributed by atoms with E-state index in [-0.39, 0.29) is 11.4 Å². The van der Waals surface area contributed by atoms with Gasteiger partial charge in [0.1, 0.15) is 0 Å². The number of carbonyl (C=O) groups is 1. The quantitative estimate of drug-likeness (QED) is 0.476. The molecular formula is C14H21NO3. The summed E-state index contributed by atoms with van der Waals surface area (Å²) in [6, 6.07) is 0. The van der Waals surface area contributed by atoms with E-state index in [0.717, 1.165) is 43.2 Å². The fourth-order valence-electron chi connectivity index (χ4n) is 4.86. The minimum absolute atomic E-state index is 0.138. The second-order valence-electron chi connectivity index (χ2n) is 6.29. The molecule has 0 aromatic rings. The molecule has 4 heteroatoms. The van der Waals surface area contributed by atoms with Gasteiger partial charge in [-0.15, -0.1) is 0 Å². The zero-order valence-electron chi connectivity index (χ0n) is 10.9. The van der Waals surface area contributed by atoms with Crippen LogP contribution in [0, 0.1) is 23.2 Å². The van der Waals surface area contributed by atoms with Crippen LogP contribution in [0.4, 0.5) is 0 Å². The summed E-state index contributed by atoms with van der Waals surface area (Å²) in [6.45, 7) is 2.26. The Morgan fingerprint density at radius 1 is 1.39 bits per heavy atom. The lowest BCUT2D eigenvalue weighted by Gasteiger charge is -2.56. The van der Waals surface area contributed by atoms with Crippen LogP contribution in [0.2, 0.25) is 0 Å². The molecule has 0 heterocycles. The van der Waals surface area contributed by atoms with E-state index in [4.69, 9.17) is 4.74 Å². The van der Waals surface area contributed by atoms with Crippen LogP contribution in [-0.4, -0.2) is 23.5 Å². The van der Waals surface area contributed by atoms with Crippen molar-refractivity contribution in [2.24, 2.45) is 28.3 Å². The van der Waals surface area contributed by atoms with Crippen molar-refractivity contribution in [3.63, 3.8) is 0 Å². The molecule has 4 aliphatic carbocycles. The molecule has 100 valence electrons. The highest BCUT2D eigenvalue weighted by atomic mass is 16.5. The minimum Gasteiger partial charge on any atom is -0.466 e. The molecule has 1 N–H and O–H groups in total. The lowest BCUT2D eigenvalue weighted by Crippen LogP contribution is -2.54. The molecule has 4 aliphatic rings. The Bertz CT molecular complexity index is 377. The molecule has 4 saturated carbocycles. The van der Waals surface area contributed by atoms with Crippen molar-refractivity contribution in [3.8, 4) is 0 Å². The fraction of sp³-hybridized carbons (Fsp3) is 0.857. The molecule has 0 aromatic heterocycles. The van der Waals surface area contributed by atoms with Gasteiger partial charge in [-0.3, -0.25) is 4.79 Å². The number of hydrogen-bond acceptors (Lipinski definition) is 4. The van der Waals surface area contributed by atoms with E-state index >= 15 is 0 Å². The lowest BCUT2D eigenvalue weighted by atomic mass is 9.48. The van der Waals surface area contributed by atoms with Crippen LogP contribution in [0.5, 0.6) is 0 Å². The van der Waals surface area contributed by atoms with Crippen LogP contribution >= 0.6 is 0 Å². The van der Waals surface area contributed by atoms with E-state index in [2.05, 4.69) is 5.16 Å². The average Bonchev–Trinajstić information content (AvgIpc) is 2.27. The van der Waals surface area contributed by atoms with Crippen molar-refractivity contribution in [1.29, 1.82) is 0 Å². The van der Waals surface area contributed by atoms with Crippen LogP contribution in [0.15, 0.2) is 5.16 Å². The smallest absolute Gasteiger partial charge is 0.306 e. The third kappa shape index (κ3) is 1.73. The van der Waals surface area contributed by atoms with Gasteiger partial charge in [0.2, 0.25) is 0 Å². The summed E-state index contributed by atoms with van der Waals surface area (Å²) < 4.78 is 5.10. The second kappa shape index (κ2) is 4.25. The van der Waals surface area contributed by atoms with Gasteiger partial charge in [0, 0.05) is 11.3 Å². The van der Waals surface area contributed by atoms with E-state index in [0.29, 0.717) is 18.9 Å². The molecule has 4 fully saturated rings. The van der Waals surface area contributed by atoms with Crippen molar-refractivity contribution < 1.29 is 14.7 Å². The Labute approximate surface area is 107 Å². The molecule has 0 aliphatic heterocycles. The SMILES string of the molecule is CCOC(=O)CC12CC3CC(CC(C3)C1=NO)C2. The molecule has 18 heavy (non-hydrogen) atoms. The number of esters is 1. The highest BCUT2D eigenvalue weighted by Gasteiger charge is 2.56. The van der Waals surface area contributed by atoms with Gasteiger partial charge in [-0.2, -0.15) is 0 Å². The Morgan fingerprint density at radius 2 is 2.06 bits per heavy atom. The van der Waals surface area contributed by atoms with Crippen LogP contribution in [-0.2, 0) is 9.53 Å². The zero-order valence-corrected chi connectivity index (χ0v) is 10.9. The molecule has 0 spiro atoms. The summed E-state index contributed by atoms with van der Waals surface area (Å²) in [5, 5.41) is 12.9. The van der Waals surface area contributed by atoms with Crippen LogP contribution in [0.1, 0.15) is 45.4 Å². The van der Waals surface area contributed by atoms with E-state index in [1.54, 1.807) is 0 Å². The standard InChI is InChI=1S/C14H21NO3/c1-2-18-12(16)8-14-6-9-3-10(7-14)5-11(4-9)13(14)15-17/h9-11,17H,2-8H2,1H3. The molecule has 2 atom stereocenters. The highest BCUT2D eigenvalue weighted by Crippen LogP contribution is 2.59. The Hall–Kier alpha value is -1.06. The molecule has 0 amide bonds. The Kier molecular flexibility index (Phi) is 2.83. The highest BCUT2D eigenvalue weighted by molar-refractivity contribution is 5.96. The maximum Gasteiger partial charge on any atom is 0.306 e. The van der Waals surface area contributed by atoms with Gasteiger partial charge in [0.05, 0.1) is 18.7 Å². The van der Waals surface area contributed by atoms with E-state index in [9.17, 15) is 10.0 Å². The molecule has 2 unspecified atom stereocenters. The first kappa shape index (κ1) is 12.0. The van der Waals surface area contributed by atoms with Gasteiger partial charge in [0.15, 0.2) is 0 Å². The van der Waals surface area contributed by atoms with Gasteiger partial charge in [-0.25, -0.2) is 0 Å². The van der Waals surface area contributed by atoms with Crippen LogP contribution < -0.4 is 0 Å². The predicted octanol–water partition coefficient (Wildman–Crippen LogP) is 2.60. The maximum absolute atomic E-state index is 11.8. The number of nitrogens with zero attached hydrogens (tertiary/aromatic N) is 1. The minimum atomic E-state index is -0.185. The van der Waals surface area contributed by atoms with Crippen molar-refractivity contribution in [3.05, 3.63) is 0 Å². The van der Waals surface area contributed by atoms with Gasteiger partial charge >= 0.3 is 5.97 Å². The van der Waals surface area contributed by atoms with Crippen molar-refractivity contribution in [1.82, 2.24) is 0 Å². The summed E-state index contributed by atoms with van der Waals surface area (Å²) in [5.41, 5.74) is 0.707. The third-order valence-electron chi connectivity index (χ3n) is 5.09. The summed E-state index contributed by atoms with van der Waals surface area (Å²) in [6.07, 6.45) is 6.04. The topological polar surface area (TPSA) is 58.9 Å². The first-order valence-corrected chi connectivity index (χ1v) is 7.05. The predicted molar refractivity (Wildman–Crippen MR) is 66.5 cm³/mol. The van der Waals surface area contributed by atoms with Crippen molar-refractivity contribution >= 4 is 11.7 Å². The fourth-order valence-corrected chi connectivity index (χ4v) is 4.86. The molecule has 4 bridgehead atoms. The van der Waals surface area contributed by atoms with Crippen LogP contribution in [0.3, 0.4) is 0 Å². The number of rotatable bonds is 3. The number of oxime groups is 1. The summed E-state index contributed by atoms with van der Waals surface area (Å²) in [4.78, 5) is 11.8. The number of ether oxygens (including phenoxy) is 1. The van der Waals surface area contributed by atoms with Crippen LogP contribution in [0.25, 0.3) is 0 Å². The second-order valence-corrected chi connectivity index (χ2v) is 6.29. The largest absolute Gasteiger partial charge is 0.466 e. The molecule has 4 rings (SSSR count). The van der Waals surface area contributed by atoms with Gasteiger partial charge in [-0.05, 0) is 50.9 Å². The Balaban J connectivity index is 1.86. The van der Waals surface area contributed by atoms with E-state index in [1.165, 1.54) is 6.42 Å². The van der Waals surface area contributed by atoms with Crippen molar-refractivity contribution in [2.75, 3.05) is 6.61 Å². The summed E-state index contributed by atoms with van der Waals surface area (Å²) >= 11 is 0. The van der Waals surface area contributed by atoms with Gasteiger partial charge in [-0.1, -0.05) is 5.16 Å². The summed E-state index contributed by atoms with van der Waals surface area (Å²) in [7, 11) is 0. The molecule has 0 saturated heterocycles. The molecule has 0 aromatic carbocycles. The maximum atomic E-state index is 11.8. The van der Waals surface area contributed by atoms with Crippen molar-refractivity contribution in [2.45, 2.75) is 45.4 Å². The molecular weight excluding hydrogens is 230 g/mol. The third-order valence-corrected chi connectivity index (χ3v) is 5.09. The van der Waals surface area contributed by atoms with Gasteiger partial charge < -0.3 is 9.94 Å². The molecule has 4 nitrogen and oxygen atoms in total. The van der Waals surface area contributed by atoms with Gasteiger partial charge in [0.25, 0.3) is 0 Å². The first-order chi connectivity index (χ1) is 8.66. The number of carbonyl (C=O) groups excluding carboxylic acids is 1. The summed E-state index contributed by atoms with van der Waals surface area (Å²) in [5.74, 6) is 1.72. The molecule has 0 radical (unpaired) electrons. The number of hydrogen-bond donors (Lipinski definition) is 1. The average molecular weight is 251 g/mol. The first-order valence-electron chi connectivity index (χ1n) is 7.05. The normalized spacial score (nSPS) is 43.4.